The van der Waals surface area contributed by atoms with Crippen LogP contribution in [0.1, 0.15) is 19.4 Å². The van der Waals surface area contributed by atoms with Crippen LogP contribution in [0, 0.1) is 5.41 Å². The van der Waals surface area contributed by atoms with Crippen molar-refractivity contribution in [2.75, 3.05) is 0 Å². The van der Waals surface area contributed by atoms with Crippen LogP contribution in [0.15, 0.2) is 43.0 Å². The molecule has 0 atom stereocenters. The molecule has 14 heavy (non-hydrogen) atoms. The summed E-state index contributed by atoms with van der Waals surface area (Å²) in [6.07, 6.45) is 6.03. The Labute approximate surface area is 85.4 Å². The Bertz CT molecular complexity index is 331. The van der Waals surface area contributed by atoms with Crippen molar-refractivity contribution in [3.63, 3.8) is 0 Å². The zero-order valence-corrected chi connectivity index (χ0v) is 8.70. The monoisotopic (exact) mass is 188 g/mol. The van der Waals surface area contributed by atoms with Gasteiger partial charge in [0.25, 0.3) is 0 Å². The molecule has 1 nitrogen and oxygen atoms in total. The van der Waals surface area contributed by atoms with Crippen molar-refractivity contribution in [1.82, 2.24) is 0 Å². The second-order valence-electron chi connectivity index (χ2n) is 3.95. The second kappa shape index (κ2) is 4.14. The van der Waals surface area contributed by atoms with Crippen LogP contribution in [-0.2, 0) is 0 Å². The molecule has 0 saturated carbocycles. The Balaban J connectivity index is 2.78. The summed E-state index contributed by atoms with van der Waals surface area (Å²) in [6.45, 7) is 7.96. The van der Waals surface area contributed by atoms with Crippen molar-refractivity contribution in [1.29, 1.82) is 0 Å². The first-order chi connectivity index (χ1) is 6.53. The minimum Gasteiger partial charge on any atom is -0.508 e. The lowest BCUT2D eigenvalue weighted by atomic mass is 9.93. The molecule has 0 bridgehead atoms. The van der Waals surface area contributed by atoms with Gasteiger partial charge in [0.2, 0.25) is 0 Å². The molecule has 0 radical (unpaired) electrons. The summed E-state index contributed by atoms with van der Waals surface area (Å²) < 4.78 is 0. The van der Waals surface area contributed by atoms with Gasteiger partial charge >= 0.3 is 0 Å². The molecule has 1 rings (SSSR count). The average Bonchev–Trinajstić information content (AvgIpc) is 2.17. The van der Waals surface area contributed by atoms with Gasteiger partial charge in [0.1, 0.15) is 5.75 Å². The molecule has 0 saturated heterocycles. The molecule has 0 spiro atoms. The third kappa shape index (κ3) is 3.09. The molecule has 0 aliphatic carbocycles. The average molecular weight is 188 g/mol. The van der Waals surface area contributed by atoms with Crippen molar-refractivity contribution >= 4 is 6.08 Å². The number of hydrogen-bond acceptors (Lipinski definition) is 1. The number of phenols is 1. The number of rotatable bonds is 3. The van der Waals surface area contributed by atoms with E-state index in [1.807, 2.05) is 24.3 Å². The fourth-order valence-corrected chi connectivity index (χ4v) is 0.964. The second-order valence-corrected chi connectivity index (χ2v) is 3.95. The predicted molar refractivity (Wildman–Crippen MR) is 61.1 cm³/mol. The molecular weight excluding hydrogens is 172 g/mol. The van der Waals surface area contributed by atoms with E-state index in [4.69, 9.17) is 5.11 Å². The molecule has 0 fully saturated rings. The molecule has 1 aromatic carbocycles. The highest BCUT2D eigenvalue weighted by atomic mass is 16.3. The first kappa shape index (κ1) is 10.6. The van der Waals surface area contributed by atoms with Crippen LogP contribution in [0.5, 0.6) is 5.75 Å². The Morgan fingerprint density at radius 2 is 1.79 bits per heavy atom. The van der Waals surface area contributed by atoms with E-state index < -0.39 is 0 Å². The van der Waals surface area contributed by atoms with Gasteiger partial charge in [-0.15, -0.1) is 6.58 Å². The Morgan fingerprint density at radius 3 is 2.29 bits per heavy atom. The standard InChI is InChI=1S/C13H16O/c1-4-13(2,3)10-9-11-5-7-12(14)8-6-11/h4-10,14H,1H2,2-3H3/b10-9+. The maximum atomic E-state index is 9.09. The summed E-state index contributed by atoms with van der Waals surface area (Å²) in [7, 11) is 0. The van der Waals surface area contributed by atoms with E-state index in [-0.39, 0.29) is 5.41 Å². The van der Waals surface area contributed by atoms with Crippen LogP contribution in [0.3, 0.4) is 0 Å². The number of hydrogen-bond donors (Lipinski definition) is 1. The largest absolute Gasteiger partial charge is 0.508 e. The minimum atomic E-state index is 0.0118. The van der Waals surface area contributed by atoms with Crippen LogP contribution in [0.25, 0.3) is 6.08 Å². The van der Waals surface area contributed by atoms with Gasteiger partial charge in [-0.05, 0) is 17.7 Å². The highest BCUT2D eigenvalue weighted by molar-refractivity contribution is 5.51. The summed E-state index contributed by atoms with van der Waals surface area (Å²) in [5.41, 5.74) is 1.09. The lowest BCUT2D eigenvalue weighted by Gasteiger charge is -2.12. The quantitative estimate of drug-likeness (QED) is 0.718. The first-order valence-corrected chi connectivity index (χ1v) is 4.65. The van der Waals surface area contributed by atoms with E-state index in [0.717, 1.165) is 5.56 Å². The highest BCUT2D eigenvalue weighted by Gasteiger charge is 2.06. The molecule has 0 unspecified atom stereocenters. The van der Waals surface area contributed by atoms with Crippen LogP contribution in [0.4, 0.5) is 0 Å². The molecular formula is C13H16O. The number of aromatic hydroxyl groups is 1. The molecule has 0 heterocycles. The molecule has 1 aromatic rings. The lowest BCUT2D eigenvalue weighted by Crippen LogP contribution is -2.00. The van der Waals surface area contributed by atoms with Crippen molar-refractivity contribution < 1.29 is 5.11 Å². The fraction of sp³-hybridized carbons (Fsp3) is 0.231. The molecule has 0 aliphatic heterocycles. The van der Waals surface area contributed by atoms with Crippen LogP contribution < -0.4 is 0 Å². The normalized spacial score (nSPS) is 11.9. The van der Waals surface area contributed by atoms with Crippen LogP contribution in [0.2, 0.25) is 0 Å². The minimum absolute atomic E-state index is 0.0118. The Morgan fingerprint density at radius 1 is 1.21 bits per heavy atom. The molecule has 1 N–H and O–H groups in total. The van der Waals surface area contributed by atoms with Gasteiger partial charge in [-0.1, -0.05) is 44.2 Å². The molecule has 0 amide bonds. The van der Waals surface area contributed by atoms with Crippen LogP contribution in [-0.4, -0.2) is 5.11 Å². The van der Waals surface area contributed by atoms with E-state index >= 15 is 0 Å². The van der Waals surface area contributed by atoms with Crippen molar-refractivity contribution in [3.8, 4) is 5.75 Å². The zero-order valence-electron chi connectivity index (χ0n) is 8.70. The van der Waals surface area contributed by atoms with Crippen molar-refractivity contribution in [3.05, 3.63) is 48.6 Å². The maximum Gasteiger partial charge on any atom is 0.115 e. The summed E-state index contributed by atoms with van der Waals surface area (Å²) in [5.74, 6) is 0.296. The Kier molecular flexibility index (Phi) is 3.13. The number of phenolic OH excluding ortho intramolecular Hbond substituents is 1. The SMILES string of the molecule is C=CC(C)(C)/C=C/c1ccc(O)cc1. The summed E-state index contributed by atoms with van der Waals surface area (Å²) in [4.78, 5) is 0. The fourth-order valence-electron chi connectivity index (χ4n) is 0.964. The number of allylic oxidation sites excluding steroid dienone is 2. The molecule has 1 heteroatoms. The smallest absolute Gasteiger partial charge is 0.115 e. The first-order valence-electron chi connectivity index (χ1n) is 4.65. The van der Waals surface area contributed by atoms with Crippen molar-refractivity contribution in [2.45, 2.75) is 13.8 Å². The van der Waals surface area contributed by atoms with Gasteiger partial charge in [-0.25, -0.2) is 0 Å². The van der Waals surface area contributed by atoms with Crippen LogP contribution >= 0.6 is 0 Å². The molecule has 0 aliphatic rings. The van der Waals surface area contributed by atoms with Gasteiger partial charge in [-0.2, -0.15) is 0 Å². The summed E-state index contributed by atoms with van der Waals surface area (Å²) in [6, 6.07) is 7.12. The van der Waals surface area contributed by atoms with Crippen molar-refractivity contribution in [2.24, 2.45) is 5.41 Å². The van der Waals surface area contributed by atoms with Gasteiger partial charge in [0.05, 0.1) is 0 Å². The zero-order chi connectivity index (χ0) is 10.6. The lowest BCUT2D eigenvalue weighted by molar-refractivity contribution is 0.475. The maximum absolute atomic E-state index is 9.09. The van der Waals surface area contributed by atoms with E-state index in [0.29, 0.717) is 5.75 Å². The van der Waals surface area contributed by atoms with Gasteiger partial charge in [0, 0.05) is 5.41 Å². The molecule has 0 aromatic heterocycles. The number of benzene rings is 1. The van der Waals surface area contributed by atoms with Gasteiger partial charge in [0.15, 0.2) is 0 Å². The summed E-state index contributed by atoms with van der Waals surface area (Å²) >= 11 is 0. The van der Waals surface area contributed by atoms with Gasteiger partial charge < -0.3 is 5.11 Å². The van der Waals surface area contributed by atoms with E-state index in [1.165, 1.54) is 0 Å². The van der Waals surface area contributed by atoms with E-state index in [1.54, 1.807) is 12.1 Å². The summed E-state index contributed by atoms with van der Waals surface area (Å²) in [5, 5.41) is 9.09. The van der Waals surface area contributed by atoms with Gasteiger partial charge in [-0.3, -0.25) is 0 Å². The van der Waals surface area contributed by atoms with E-state index in [2.05, 4.69) is 26.5 Å². The predicted octanol–water partition coefficient (Wildman–Crippen LogP) is 3.62. The topological polar surface area (TPSA) is 20.2 Å². The van der Waals surface area contributed by atoms with E-state index in [9.17, 15) is 0 Å². The molecule has 74 valence electrons. The third-order valence-electron chi connectivity index (χ3n) is 2.12. The third-order valence-corrected chi connectivity index (χ3v) is 2.12. The highest BCUT2D eigenvalue weighted by Crippen LogP contribution is 2.20. The Hall–Kier alpha value is -1.50.